The standard InChI is InChI=1S/C19H29N3O2S/c1-12-8-22(9-13(2)24-12)10-17-11-25-19(20-17)21-18(23)7-16-6-14-3-4-15(16)5-14/h11-16H,3-10H2,1-2H3,(H,20,21,23)/t12-,13+,14-,15-,16-/m0/s1. The van der Waals surface area contributed by atoms with Crippen molar-refractivity contribution in [3.8, 4) is 0 Å². The van der Waals surface area contributed by atoms with Crippen molar-refractivity contribution in [2.45, 2.75) is 64.7 Å². The van der Waals surface area contributed by atoms with Gasteiger partial charge in [0.15, 0.2) is 5.13 Å². The number of thiazole rings is 1. The second-order valence-corrected chi connectivity index (χ2v) is 9.14. The minimum atomic E-state index is 0.145. The molecular weight excluding hydrogens is 334 g/mol. The highest BCUT2D eigenvalue weighted by Gasteiger charge is 2.40. The van der Waals surface area contributed by atoms with Gasteiger partial charge in [-0.1, -0.05) is 6.42 Å². The fraction of sp³-hybridized carbons (Fsp3) is 0.789. The number of rotatable bonds is 5. The zero-order valence-electron chi connectivity index (χ0n) is 15.2. The van der Waals surface area contributed by atoms with E-state index in [2.05, 4.69) is 34.4 Å². The monoisotopic (exact) mass is 363 g/mol. The van der Waals surface area contributed by atoms with Gasteiger partial charge in [-0.05, 0) is 50.9 Å². The molecule has 2 heterocycles. The second-order valence-electron chi connectivity index (χ2n) is 8.28. The summed E-state index contributed by atoms with van der Waals surface area (Å²) in [7, 11) is 0. The maximum atomic E-state index is 12.4. The van der Waals surface area contributed by atoms with E-state index >= 15 is 0 Å². The average Bonchev–Trinajstić information content (AvgIpc) is 3.23. The lowest BCUT2D eigenvalue weighted by Gasteiger charge is -2.34. The predicted molar refractivity (Wildman–Crippen MR) is 99.6 cm³/mol. The van der Waals surface area contributed by atoms with Gasteiger partial charge in [0.1, 0.15) is 0 Å². The number of carbonyl (C=O) groups excluding carboxylic acids is 1. The number of fused-ring (bicyclic) bond motifs is 2. The van der Waals surface area contributed by atoms with Crippen LogP contribution in [-0.2, 0) is 16.1 Å². The van der Waals surface area contributed by atoms with Gasteiger partial charge < -0.3 is 10.1 Å². The molecule has 1 amide bonds. The Hall–Kier alpha value is -0.980. The van der Waals surface area contributed by atoms with E-state index in [1.165, 1.54) is 25.7 Å². The van der Waals surface area contributed by atoms with E-state index < -0.39 is 0 Å². The van der Waals surface area contributed by atoms with Crippen molar-refractivity contribution in [1.29, 1.82) is 0 Å². The molecule has 4 rings (SSSR count). The summed E-state index contributed by atoms with van der Waals surface area (Å²) in [4.78, 5) is 19.4. The summed E-state index contributed by atoms with van der Waals surface area (Å²) in [6.45, 7) is 6.94. The van der Waals surface area contributed by atoms with Crippen LogP contribution < -0.4 is 5.32 Å². The Labute approximate surface area is 154 Å². The number of hydrogen-bond donors (Lipinski definition) is 1. The third-order valence-electron chi connectivity index (χ3n) is 6.01. The smallest absolute Gasteiger partial charge is 0.226 e. The molecule has 2 saturated carbocycles. The van der Waals surface area contributed by atoms with E-state index in [1.807, 2.05) is 0 Å². The number of anilines is 1. The maximum Gasteiger partial charge on any atom is 0.226 e. The molecule has 1 aromatic rings. The number of aromatic nitrogens is 1. The molecule has 1 aliphatic heterocycles. The minimum absolute atomic E-state index is 0.145. The fourth-order valence-electron chi connectivity index (χ4n) is 5.11. The van der Waals surface area contributed by atoms with E-state index in [1.54, 1.807) is 11.3 Å². The number of ether oxygens (including phenoxy) is 1. The van der Waals surface area contributed by atoms with E-state index in [4.69, 9.17) is 4.74 Å². The van der Waals surface area contributed by atoms with E-state index in [-0.39, 0.29) is 18.1 Å². The predicted octanol–water partition coefficient (Wildman–Crippen LogP) is 3.52. The van der Waals surface area contributed by atoms with Gasteiger partial charge in [0.2, 0.25) is 5.91 Å². The van der Waals surface area contributed by atoms with Crippen LogP contribution in [0.15, 0.2) is 5.38 Å². The van der Waals surface area contributed by atoms with Crippen molar-refractivity contribution >= 4 is 22.4 Å². The van der Waals surface area contributed by atoms with Gasteiger partial charge in [-0.15, -0.1) is 11.3 Å². The number of carbonyl (C=O) groups is 1. The number of nitrogens with one attached hydrogen (secondary N) is 1. The van der Waals surface area contributed by atoms with Crippen molar-refractivity contribution in [1.82, 2.24) is 9.88 Å². The summed E-state index contributed by atoms with van der Waals surface area (Å²) in [5.41, 5.74) is 1.04. The largest absolute Gasteiger partial charge is 0.373 e. The Morgan fingerprint density at radius 1 is 1.32 bits per heavy atom. The third-order valence-corrected chi connectivity index (χ3v) is 6.82. The van der Waals surface area contributed by atoms with Gasteiger partial charge >= 0.3 is 0 Å². The van der Waals surface area contributed by atoms with Crippen LogP contribution in [0.5, 0.6) is 0 Å². The highest BCUT2D eigenvalue weighted by atomic mass is 32.1. The van der Waals surface area contributed by atoms with Crippen molar-refractivity contribution in [2.24, 2.45) is 17.8 Å². The number of morpholine rings is 1. The molecule has 1 saturated heterocycles. The first-order valence-corrected chi connectivity index (χ1v) is 10.5. The van der Waals surface area contributed by atoms with Crippen LogP contribution in [0.25, 0.3) is 0 Å². The topological polar surface area (TPSA) is 54.5 Å². The zero-order valence-corrected chi connectivity index (χ0v) is 16.1. The van der Waals surface area contributed by atoms with Crippen LogP contribution >= 0.6 is 11.3 Å². The Morgan fingerprint density at radius 3 is 2.80 bits per heavy atom. The van der Waals surface area contributed by atoms with E-state index in [9.17, 15) is 4.79 Å². The normalized spacial score (nSPS) is 35.2. The molecule has 3 aliphatic rings. The molecule has 138 valence electrons. The number of amides is 1. The molecule has 1 N–H and O–H groups in total. The summed E-state index contributed by atoms with van der Waals surface area (Å²) in [6, 6.07) is 0. The van der Waals surface area contributed by atoms with Gasteiger partial charge in [0.05, 0.1) is 17.9 Å². The highest BCUT2D eigenvalue weighted by molar-refractivity contribution is 7.13. The van der Waals surface area contributed by atoms with E-state index in [0.717, 1.165) is 42.3 Å². The van der Waals surface area contributed by atoms with Gasteiger partial charge in [0, 0.05) is 31.4 Å². The van der Waals surface area contributed by atoms with Crippen molar-refractivity contribution < 1.29 is 9.53 Å². The summed E-state index contributed by atoms with van der Waals surface area (Å²) >= 11 is 1.54. The molecular formula is C19H29N3O2S. The van der Waals surface area contributed by atoms with Crippen LogP contribution in [0.1, 0.15) is 51.6 Å². The van der Waals surface area contributed by atoms with E-state index in [0.29, 0.717) is 12.3 Å². The molecule has 3 fully saturated rings. The first-order chi connectivity index (χ1) is 12.0. The molecule has 5 nitrogen and oxygen atoms in total. The van der Waals surface area contributed by atoms with Crippen LogP contribution in [0, 0.1) is 17.8 Å². The van der Waals surface area contributed by atoms with Crippen LogP contribution in [0.2, 0.25) is 0 Å². The van der Waals surface area contributed by atoms with Crippen molar-refractivity contribution in [3.63, 3.8) is 0 Å². The Kier molecular flexibility index (Phi) is 5.11. The van der Waals surface area contributed by atoms with Crippen molar-refractivity contribution in [2.75, 3.05) is 18.4 Å². The summed E-state index contributed by atoms with van der Waals surface area (Å²) in [5, 5.41) is 5.84. The lowest BCUT2D eigenvalue weighted by molar-refractivity contribution is -0.117. The van der Waals surface area contributed by atoms with Gasteiger partial charge in [-0.2, -0.15) is 0 Å². The first kappa shape index (κ1) is 17.4. The number of hydrogen-bond acceptors (Lipinski definition) is 5. The van der Waals surface area contributed by atoms with Crippen molar-refractivity contribution in [3.05, 3.63) is 11.1 Å². The molecule has 2 aliphatic carbocycles. The molecule has 6 heteroatoms. The lowest BCUT2D eigenvalue weighted by atomic mass is 9.86. The summed E-state index contributed by atoms with van der Waals surface area (Å²) < 4.78 is 5.78. The maximum absolute atomic E-state index is 12.4. The molecule has 0 aromatic carbocycles. The Morgan fingerprint density at radius 2 is 2.12 bits per heavy atom. The van der Waals surface area contributed by atoms with Crippen LogP contribution in [0.3, 0.4) is 0 Å². The van der Waals surface area contributed by atoms with Gasteiger partial charge in [-0.3, -0.25) is 9.69 Å². The molecule has 1 aromatic heterocycles. The minimum Gasteiger partial charge on any atom is -0.373 e. The molecule has 25 heavy (non-hydrogen) atoms. The quantitative estimate of drug-likeness (QED) is 0.870. The highest BCUT2D eigenvalue weighted by Crippen LogP contribution is 2.49. The lowest BCUT2D eigenvalue weighted by Crippen LogP contribution is -2.44. The van der Waals surface area contributed by atoms with Gasteiger partial charge in [0.25, 0.3) is 0 Å². The Balaban J connectivity index is 1.27. The zero-order chi connectivity index (χ0) is 17.4. The second kappa shape index (κ2) is 7.33. The fourth-order valence-corrected chi connectivity index (χ4v) is 5.83. The molecule has 0 spiro atoms. The first-order valence-electron chi connectivity index (χ1n) is 9.67. The molecule has 0 radical (unpaired) electrons. The Bertz CT molecular complexity index is 610. The SMILES string of the molecule is C[C@@H]1CN(Cc2csc(NC(=O)C[C@@H]3C[C@H]4CC[C@H]3C4)n2)C[C@H](C)O1. The molecule has 0 unspecified atom stereocenters. The third kappa shape index (κ3) is 4.23. The number of nitrogens with zero attached hydrogens (tertiary/aromatic N) is 2. The summed E-state index contributed by atoms with van der Waals surface area (Å²) in [5.74, 6) is 2.45. The average molecular weight is 364 g/mol. The molecule has 2 bridgehead atoms. The van der Waals surface area contributed by atoms with Crippen LogP contribution in [0.4, 0.5) is 5.13 Å². The molecule has 5 atom stereocenters. The van der Waals surface area contributed by atoms with Crippen LogP contribution in [-0.4, -0.2) is 41.1 Å². The summed E-state index contributed by atoms with van der Waals surface area (Å²) in [6.07, 6.45) is 6.54. The van der Waals surface area contributed by atoms with Gasteiger partial charge in [-0.25, -0.2) is 4.98 Å².